The zero-order chi connectivity index (χ0) is 15.1. The van der Waals surface area contributed by atoms with Crippen LogP contribution in [0.1, 0.15) is 24.7 Å². The number of aromatic amines is 1. The van der Waals surface area contributed by atoms with Crippen molar-refractivity contribution in [3.8, 4) is 0 Å². The number of aromatic nitrogens is 2. The van der Waals surface area contributed by atoms with Crippen LogP contribution in [0.2, 0.25) is 0 Å². The number of anilines is 1. The van der Waals surface area contributed by atoms with E-state index in [0.717, 1.165) is 34.5 Å². The molecule has 0 saturated carbocycles. The zero-order valence-corrected chi connectivity index (χ0v) is 12.4. The van der Waals surface area contributed by atoms with Crippen LogP contribution in [-0.2, 0) is 16.0 Å². The van der Waals surface area contributed by atoms with E-state index in [9.17, 15) is 9.59 Å². The van der Waals surface area contributed by atoms with Gasteiger partial charge in [0, 0.05) is 19.7 Å². The van der Waals surface area contributed by atoms with E-state index in [1.165, 1.54) is 6.92 Å². The number of nitrogens with one attached hydrogen (secondary N) is 2. The summed E-state index contributed by atoms with van der Waals surface area (Å²) in [6.07, 6.45) is 1.35. The Morgan fingerprint density at radius 1 is 1.48 bits per heavy atom. The second-order valence-corrected chi connectivity index (χ2v) is 5.51. The third-order valence-corrected chi connectivity index (χ3v) is 3.87. The molecule has 2 aromatic rings. The van der Waals surface area contributed by atoms with Crippen LogP contribution in [-0.4, -0.2) is 34.9 Å². The molecule has 0 unspecified atom stereocenters. The van der Waals surface area contributed by atoms with Crippen molar-refractivity contribution in [2.75, 3.05) is 11.9 Å². The molecule has 1 aromatic heterocycles. The minimum atomic E-state index is -0.465. The highest BCUT2D eigenvalue weighted by Crippen LogP contribution is 2.30. The maximum atomic E-state index is 12.5. The number of fused-ring (bicyclic) bond motifs is 2. The molecule has 1 aromatic carbocycles. The molecule has 6 heteroatoms. The summed E-state index contributed by atoms with van der Waals surface area (Å²) in [5.74, 6) is 0.586. The number of hydrogen-bond donors (Lipinski definition) is 2. The fourth-order valence-electron chi connectivity index (χ4n) is 2.89. The summed E-state index contributed by atoms with van der Waals surface area (Å²) in [5.41, 5.74) is 3.79. The van der Waals surface area contributed by atoms with E-state index >= 15 is 0 Å². The predicted octanol–water partition coefficient (Wildman–Crippen LogP) is 1.29. The standard InChI is InChI=1S/C15H18N4O2/c1-8-16-12-6-10-4-5-11(18-9(2)20)15(21)19(3)14(10)7-13(12)17-8/h6-7,11H,4-5H2,1-3H3,(H,16,17)(H,18,20)/t11-/m0/s1. The molecule has 1 aliphatic heterocycles. The van der Waals surface area contributed by atoms with Crippen molar-refractivity contribution < 1.29 is 9.59 Å². The minimum Gasteiger partial charge on any atom is -0.345 e. The molecule has 2 amide bonds. The summed E-state index contributed by atoms with van der Waals surface area (Å²) in [4.78, 5) is 33.0. The monoisotopic (exact) mass is 286 g/mol. The molecule has 0 saturated heterocycles. The van der Waals surface area contributed by atoms with Gasteiger partial charge in [-0.05, 0) is 37.5 Å². The summed E-state index contributed by atoms with van der Waals surface area (Å²) in [7, 11) is 1.74. The maximum Gasteiger partial charge on any atom is 0.249 e. The van der Waals surface area contributed by atoms with E-state index in [0.29, 0.717) is 6.42 Å². The van der Waals surface area contributed by atoms with Gasteiger partial charge in [-0.1, -0.05) is 0 Å². The molecule has 21 heavy (non-hydrogen) atoms. The number of benzene rings is 1. The molecule has 0 bridgehead atoms. The Kier molecular flexibility index (Phi) is 3.16. The van der Waals surface area contributed by atoms with Crippen LogP contribution in [0.5, 0.6) is 0 Å². The van der Waals surface area contributed by atoms with Crippen LogP contribution in [0.15, 0.2) is 12.1 Å². The third-order valence-electron chi connectivity index (χ3n) is 3.87. The summed E-state index contributed by atoms with van der Waals surface area (Å²) < 4.78 is 0. The van der Waals surface area contributed by atoms with Crippen LogP contribution in [0.3, 0.4) is 0 Å². The number of aryl methyl sites for hydroxylation is 2. The van der Waals surface area contributed by atoms with Crippen molar-refractivity contribution >= 4 is 28.5 Å². The number of H-pyrrole nitrogens is 1. The Morgan fingerprint density at radius 2 is 2.24 bits per heavy atom. The van der Waals surface area contributed by atoms with Gasteiger partial charge >= 0.3 is 0 Å². The van der Waals surface area contributed by atoms with Gasteiger partial charge in [0.05, 0.1) is 11.0 Å². The highest BCUT2D eigenvalue weighted by Gasteiger charge is 2.29. The Morgan fingerprint density at radius 3 is 2.95 bits per heavy atom. The first-order valence-electron chi connectivity index (χ1n) is 6.99. The normalized spacial score (nSPS) is 18.5. The van der Waals surface area contributed by atoms with Gasteiger partial charge in [-0.2, -0.15) is 0 Å². The van der Waals surface area contributed by atoms with Gasteiger partial charge in [0.2, 0.25) is 11.8 Å². The second-order valence-electron chi connectivity index (χ2n) is 5.51. The number of likely N-dealkylation sites (N-methyl/N-ethyl adjacent to an activating group) is 1. The van der Waals surface area contributed by atoms with Gasteiger partial charge in [0.25, 0.3) is 0 Å². The minimum absolute atomic E-state index is 0.0874. The largest absolute Gasteiger partial charge is 0.345 e. The molecule has 1 aliphatic rings. The lowest BCUT2D eigenvalue weighted by Crippen LogP contribution is -2.46. The SMILES string of the molecule is CC(=O)N[C@H]1CCc2cc3[nH]c(C)nc3cc2N(C)C1=O. The summed E-state index contributed by atoms with van der Waals surface area (Å²) in [6, 6.07) is 3.51. The smallest absolute Gasteiger partial charge is 0.249 e. The lowest BCUT2D eigenvalue weighted by atomic mass is 10.1. The molecule has 3 rings (SSSR count). The Labute approximate surface area is 122 Å². The number of rotatable bonds is 1. The van der Waals surface area contributed by atoms with Crippen molar-refractivity contribution in [1.82, 2.24) is 15.3 Å². The molecule has 2 heterocycles. The highest BCUT2D eigenvalue weighted by molar-refractivity contribution is 6.01. The van der Waals surface area contributed by atoms with E-state index in [4.69, 9.17) is 0 Å². The van der Waals surface area contributed by atoms with Crippen LogP contribution in [0, 0.1) is 6.92 Å². The molecular formula is C15H18N4O2. The van der Waals surface area contributed by atoms with E-state index in [-0.39, 0.29) is 11.8 Å². The first-order valence-corrected chi connectivity index (χ1v) is 6.99. The van der Waals surface area contributed by atoms with Gasteiger partial charge in [-0.25, -0.2) is 4.98 Å². The van der Waals surface area contributed by atoms with Crippen molar-refractivity contribution in [3.05, 3.63) is 23.5 Å². The highest BCUT2D eigenvalue weighted by atomic mass is 16.2. The van der Waals surface area contributed by atoms with E-state index < -0.39 is 6.04 Å². The average molecular weight is 286 g/mol. The quantitative estimate of drug-likeness (QED) is 0.829. The Bertz CT molecular complexity index is 735. The lowest BCUT2D eigenvalue weighted by molar-refractivity contribution is -0.126. The van der Waals surface area contributed by atoms with Gasteiger partial charge in [0.15, 0.2) is 0 Å². The molecule has 0 aliphatic carbocycles. The number of carbonyl (C=O) groups excluding carboxylic acids is 2. The molecule has 0 radical (unpaired) electrons. The molecule has 0 fully saturated rings. The van der Waals surface area contributed by atoms with Crippen LogP contribution in [0.25, 0.3) is 11.0 Å². The number of carbonyl (C=O) groups is 2. The Hall–Kier alpha value is -2.37. The zero-order valence-electron chi connectivity index (χ0n) is 12.4. The predicted molar refractivity (Wildman–Crippen MR) is 80.2 cm³/mol. The van der Waals surface area contributed by atoms with E-state index in [1.54, 1.807) is 11.9 Å². The molecule has 6 nitrogen and oxygen atoms in total. The average Bonchev–Trinajstić information content (AvgIpc) is 2.74. The number of imidazole rings is 1. The van der Waals surface area contributed by atoms with Crippen LogP contribution >= 0.6 is 0 Å². The third kappa shape index (κ3) is 2.37. The van der Waals surface area contributed by atoms with Gasteiger partial charge in [-0.15, -0.1) is 0 Å². The molecular weight excluding hydrogens is 268 g/mol. The molecule has 0 spiro atoms. The van der Waals surface area contributed by atoms with Crippen molar-refractivity contribution in [2.45, 2.75) is 32.7 Å². The van der Waals surface area contributed by atoms with Gasteiger partial charge in [0.1, 0.15) is 11.9 Å². The van der Waals surface area contributed by atoms with Gasteiger partial charge < -0.3 is 15.2 Å². The van der Waals surface area contributed by atoms with Crippen molar-refractivity contribution in [1.29, 1.82) is 0 Å². The number of nitrogens with zero attached hydrogens (tertiary/aromatic N) is 2. The first kappa shape index (κ1) is 13.6. The molecule has 110 valence electrons. The summed E-state index contributed by atoms with van der Waals surface area (Å²) in [5, 5.41) is 2.73. The van der Waals surface area contributed by atoms with Crippen molar-refractivity contribution in [3.63, 3.8) is 0 Å². The van der Waals surface area contributed by atoms with Crippen LogP contribution < -0.4 is 10.2 Å². The fraction of sp³-hybridized carbons (Fsp3) is 0.400. The molecule has 2 N–H and O–H groups in total. The number of hydrogen-bond acceptors (Lipinski definition) is 3. The van der Waals surface area contributed by atoms with E-state index in [2.05, 4.69) is 15.3 Å². The topological polar surface area (TPSA) is 78.1 Å². The summed E-state index contributed by atoms with van der Waals surface area (Å²) in [6.45, 7) is 3.34. The molecule has 1 atom stereocenters. The lowest BCUT2D eigenvalue weighted by Gasteiger charge is -2.21. The van der Waals surface area contributed by atoms with Gasteiger partial charge in [-0.3, -0.25) is 9.59 Å². The Balaban J connectivity index is 2.03. The second kappa shape index (κ2) is 4.87. The fourth-order valence-corrected chi connectivity index (χ4v) is 2.89. The number of amides is 2. The first-order chi connectivity index (χ1) is 9.95. The van der Waals surface area contributed by atoms with E-state index in [1.807, 2.05) is 19.1 Å². The maximum absolute atomic E-state index is 12.5. The van der Waals surface area contributed by atoms with Crippen molar-refractivity contribution in [2.24, 2.45) is 0 Å². The summed E-state index contributed by atoms with van der Waals surface area (Å²) >= 11 is 0. The van der Waals surface area contributed by atoms with Crippen LogP contribution in [0.4, 0.5) is 5.69 Å².